The predicted molar refractivity (Wildman–Crippen MR) is 152 cm³/mol. The number of hydrogen-bond donors (Lipinski definition) is 1. The number of esters is 1. The molecule has 0 bridgehead atoms. The van der Waals surface area contributed by atoms with Crippen molar-refractivity contribution < 1.29 is 18.7 Å². The van der Waals surface area contributed by atoms with Crippen molar-refractivity contribution in [3.05, 3.63) is 53.1 Å². The molecule has 1 amide bonds. The fourth-order valence-corrected chi connectivity index (χ4v) is 5.60. The SMILES string of the molecule is COC(=O)c1cccc2nc(SCCN3CCN(CC(=O)Nc4c(C(C)C)cccc4C(C)C)CC3)oc12. The highest BCUT2D eigenvalue weighted by Gasteiger charge is 2.22. The first kappa shape index (κ1) is 28.1. The second-order valence-electron chi connectivity index (χ2n) is 10.3. The normalized spacial score (nSPS) is 14.9. The Bertz CT molecular complexity index is 1240. The van der Waals surface area contributed by atoms with Crippen LogP contribution in [0.4, 0.5) is 5.69 Å². The number of carbonyl (C=O) groups is 2. The highest BCUT2D eigenvalue weighted by atomic mass is 32.2. The van der Waals surface area contributed by atoms with Gasteiger partial charge in [0.15, 0.2) is 5.58 Å². The Morgan fingerprint density at radius 1 is 1.00 bits per heavy atom. The van der Waals surface area contributed by atoms with Gasteiger partial charge in [0.25, 0.3) is 5.22 Å². The van der Waals surface area contributed by atoms with E-state index in [-0.39, 0.29) is 5.91 Å². The number of ether oxygens (including phenoxy) is 1. The number of oxazole rings is 1. The van der Waals surface area contributed by atoms with Crippen LogP contribution in [-0.4, -0.2) is 78.8 Å². The van der Waals surface area contributed by atoms with Gasteiger partial charge in [0.2, 0.25) is 5.91 Å². The van der Waals surface area contributed by atoms with Crippen molar-refractivity contribution in [3.8, 4) is 0 Å². The van der Waals surface area contributed by atoms with E-state index in [1.165, 1.54) is 30.0 Å². The Labute approximate surface area is 229 Å². The van der Waals surface area contributed by atoms with Gasteiger partial charge in [0.1, 0.15) is 11.1 Å². The average Bonchev–Trinajstić information content (AvgIpc) is 3.32. The number of para-hydroxylation sites is 2. The molecule has 204 valence electrons. The molecule has 1 N–H and O–H groups in total. The zero-order valence-corrected chi connectivity index (χ0v) is 23.8. The molecule has 1 aromatic heterocycles. The minimum absolute atomic E-state index is 0.0475. The van der Waals surface area contributed by atoms with Crippen LogP contribution in [0.15, 0.2) is 46.0 Å². The molecular weight excluding hydrogens is 500 g/mol. The van der Waals surface area contributed by atoms with Crippen molar-refractivity contribution in [2.75, 3.05) is 57.4 Å². The van der Waals surface area contributed by atoms with Gasteiger partial charge in [-0.3, -0.25) is 14.6 Å². The molecule has 0 aliphatic carbocycles. The molecule has 1 fully saturated rings. The second kappa shape index (κ2) is 12.8. The van der Waals surface area contributed by atoms with Crippen LogP contribution in [0, 0.1) is 0 Å². The molecule has 3 aromatic rings. The minimum Gasteiger partial charge on any atom is -0.465 e. The summed E-state index contributed by atoms with van der Waals surface area (Å²) in [4.78, 5) is 34.1. The van der Waals surface area contributed by atoms with Gasteiger partial charge in [-0.15, -0.1) is 0 Å². The van der Waals surface area contributed by atoms with Crippen LogP contribution in [0.3, 0.4) is 0 Å². The summed E-state index contributed by atoms with van der Waals surface area (Å²) in [5.74, 6) is 1.13. The van der Waals surface area contributed by atoms with Gasteiger partial charge in [0.05, 0.1) is 13.7 Å². The van der Waals surface area contributed by atoms with Gasteiger partial charge in [-0.2, -0.15) is 0 Å². The van der Waals surface area contributed by atoms with Crippen molar-refractivity contribution >= 4 is 40.4 Å². The summed E-state index contributed by atoms with van der Waals surface area (Å²) in [5.41, 5.74) is 4.86. The van der Waals surface area contributed by atoms with Crippen LogP contribution < -0.4 is 5.32 Å². The van der Waals surface area contributed by atoms with E-state index in [9.17, 15) is 9.59 Å². The zero-order chi connectivity index (χ0) is 27.2. The molecule has 0 atom stereocenters. The lowest BCUT2D eigenvalue weighted by Gasteiger charge is -2.34. The number of rotatable bonds is 10. The molecule has 2 aromatic carbocycles. The number of amides is 1. The Morgan fingerprint density at radius 2 is 1.63 bits per heavy atom. The topological polar surface area (TPSA) is 87.9 Å². The number of benzene rings is 2. The van der Waals surface area contributed by atoms with E-state index in [0.29, 0.717) is 40.3 Å². The molecule has 8 nitrogen and oxygen atoms in total. The highest BCUT2D eigenvalue weighted by molar-refractivity contribution is 7.99. The lowest BCUT2D eigenvalue weighted by molar-refractivity contribution is -0.117. The summed E-state index contributed by atoms with van der Waals surface area (Å²) in [7, 11) is 1.36. The number of carbonyl (C=O) groups excluding carboxylic acids is 2. The van der Waals surface area contributed by atoms with Gasteiger partial charge in [-0.1, -0.05) is 63.7 Å². The number of hydrogen-bond acceptors (Lipinski definition) is 8. The van der Waals surface area contributed by atoms with Crippen LogP contribution in [0.2, 0.25) is 0 Å². The first-order valence-corrected chi connectivity index (χ1v) is 14.2. The van der Waals surface area contributed by atoms with E-state index in [4.69, 9.17) is 9.15 Å². The third kappa shape index (κ3) is 6.76. The van der Waals surface area contributed by atoms with E-state index < -0.39 is 5.97 Å². The molecule has 4 rings (SSSR count). The molecule has 0 radical (unpaired) electrons. The van der Waals surface area contributed by atoms with Gasteiger partial charge in [-0.05, 0) is 35.1 Å². The van der Waals surface area contributed by atoms with E-state index in [0.717, 1.165) is 44.2 Å². The number of methoxy groups -OCH3 is 1. The van der Waals surface area contributed by atoms with Gasteiger partial charge < -0.3 is 14.5 Å². The van der Waals surface area contributed by atoms with Crippen LogP contribution >= 0.6 is 11.8 Å². The number of thioether (sulfide) groups is 1. The van der Waals surface area contributed by atoms with Gasteiger partial charge >= 0.3 is 5.97 Å². The number of nitrogens with zero attached hydrogens (tertiary/aromatic N) is 3. The number of nitrogens with one attached hydrogen (secondary N) is 1. The van der Waals surface area contributed by atoms with Crippen molar-refractivity contribution in [3.63, 3.8) is 0 Å². The van der Waals surface area contributed by atoms with Crippen LogP contribution in [-0.2, 0) is 9.53 Å². The molecule has 0 saturated carbocycles. The summed E-state index contributed by atoms with van der Waals surface area (Å²) < 4.78 is 10.7. The highest BCUT2D eigenvalue weighted by Crippen LogP contribution is 2.32. The lowest BCUT2D eigenvalue weighted by atomic mass is 9.92. The Kier molecular flexibility index (Phi) is 9.46. The predicted octanol–water partition coefficient (Wildman–Crippen LogP) is 5.21. The number of fused-ring (bicyclic) bond motifs is 1. The van der Waals surface area contributed by atoms with E-state index in [1.54, 1.807) is 12.1 Å². The molecule has 0 unspecified atom stereocenters. The van der Waals surface area contributed by atoms with Crippen molar-refractivity contribution in [1.29, 1.82) is 0 Å². The third-order valence-corrected chi connectivity index (χ3v) is 7.71. The maximum absolute atomic E-state index is 13.0. The smallest absolute Gasteiger partial charge is 0.341 e. The number of anilines is 1. The Morgan fingerprint density at radius 3 is 2.26 bits per heavy atom. The molecule has 2 heterocycles. The van der Waals surface area contributed by atoms with Crippen LogP contribution in [0.1, 0.15) is 61.0 Å². The average molecular weight is 539 g/mol. The van der Waals surface area contributed by atoms with Gasteiger partial charge in [-0.25, -0.2) is 9.78 Å². The summed E-state index contributed by atoms with van der Waals surface area (Å²) in [6.45, 7) is 13.5. The quantitative estimate of drug-likeness (QED) is 0.278. The number of piperazine rings is 1. The number of aromatic nitrogens is 1. The van der Waals surface area contributed by atoms with Crippen molar-refractivity contribution in [1.82, 2.24) is 14.8 Å². The van der Waals surface area contributed by atoms with Crippen LogP contribution in [0.25, 0.3) is 11.1 Å². The maximum atomic E-state index is 13.0. The molecule has 38 heavy (non-hydrogen) atoms. The fourth-order valence-electron chi connectivity index (χ4n) is 4.77. The van der Waals surface area contributed by atoms with E-state index >= 15 is 0 Å². The third-order valence-electron chi connectivity index (χ3n) is 6.90. The summed E-state index contributed by atoms with van der Waals surface area (Å²) in [5, 5.41) is 3.78. The largest absolute Gasteiger partial charge is 0.465 e. The molecule has 0 spiro atoms. The maximum Gasteiger partial charge on any atom is 0.341 e. The lowest BCUT2D eigenvalue weighted by Crippen LogP contribution is -2.49. The summed E-state index contributed by atoms with van der Waals surface area (Å²) in [6.07, 6.45) is 0. The van der Waals surface area contributed by atoms with Crippen molar-refractivity contribution in [2.24, 2.45) is 0 Å². The Balaban J connectivity index is 1.25. The van der Waals surface area contributed by atoms with E-state index in [2.05, 4.69) is 66.0 Å². The van der Waals surface area contributed by atoms with Gasteiger partial charge in [0, 0.05) is 44.2 Å². The summed E-state index contributed by atoms with van der Waals surface area (Å²) >= 11 is 1.54. The van der Waals surface area contributed by atoms with Crippen LogP contribution in [0.5, 0.6) is 0 Å². The standard InChI is InChI=1S/C29H38N4O4S/c1-19(2)21-8-6-9-22(20(3)4)26(21)31-25(34)18-33-14-12-32(13-15-33)16-17-38-29-30-24-11-7-10-23(27(24)37-29)28(35)36-5/h6-11,19-20H,12-18H2,1-5H3,(H,31,34). The first-order chi connectivity index (χ1) is 18.3. The molecule has 9 heteroatoms. The second-order valence-corrected chi connectivity index (χ2v) is 11.3. The van der Waals surface area contributed by atoms with E-state index in [1.807, 2.05) is 6.07 Å². The minimum atomic E-state index is -0.431. The fraction of sp³-hybridized carbons (Fsp3) is 0.483. The molecule has 1 saturated heterocycles. The molecular formula is C29H38N4O4S. The Hall–Kier alpha value is -2.88. The molecule has 1 aliphatic rings. The summed E-state index contributed by atoms with van der Waals surface area (Å²) in [6, 6.07) is 11.6. The van der Waals surface area contributed by atoms with Crippen molar-refractivity contribution in [2.45, 2.75) is 44.8 Å². The first-order valence-electron chi connectivity index (χ1n) is 13.2. The zero-order valence-electron chi connectivity index (χ0n) is 23.0. The molecule has 1 aliphatic heterocycles. The monoisotopic (exact) mass is 538 g/mol.